The molecule has 0 radical (unpaired) electrons. The molecule has 0 N–H and O–H groups in total. The highest BCUT2D eigenvalue weighted by Gasteiger charge is 2.55. The van der Waals surface area contributed by atoms with E-state index in [9.17, 15) is 0 Å². The van der Waals surface area contributed by atoms with Gasteiger partial charge in [0.2, 0.25) is 0 Å². The van der Waals surface area contributed by atoms with Gasteiger partial charge in [-0.15, -0.1) is 0 Å². The SMILES string of the molecule is CCCCCCOC[C@H]1OC(OC)[C@@H]2OC(C)(C)O[C@H]12. The Bertz CT molecular complexity index is 294. The number of ether oxygens (including phenoxy) is 5. The Morgan fingerprint density at radius 3 is 2.50 bits per heavy atom. The maximum Gasteiger partial charge on any atom is 0.186 e. The van der Waals surface area contributed by atoms with Crippen LogP contribution < -0.4 is 0 Å². The van der Waals surface area contributed by atoms with E-state index in [4.69, 9.17) is 23.7 Å². The zero-order chi connectivity index (χ0) is 14.6. The summed E-state index contributed by atoms with van der Waals surface area (Å²) in [4.78, 5) is 0. The van der Waals surface area contributed by atoms with Crippen molar-refractivity contribution >= 4 is 0 Å². The van der Waals surface area contributed by atoms with Gasteiger partial charge < -0.3 is 23.7 Å². The van der Waals surface area contributed by atoms with E-state index in [2.05, 4.69) is 6.92 Å². The van der Waals surface area contributed by atoms with Crippen molar-refractivity contribution in [2.75, 3.05) is 20.3 Å². The molecular weight excluding hydrogens is 260 g/mol. The Morgan fingerprint density at radius 1 is 1.05 bits per heavy atom. The van der Waals surface area contributed by atoms with E-state index in [1.807, 2.05) is 13.8 Å². The molecule has 5 nitrogen and oxygen atoms in total. The minimum absolute atomic E-state index is 0.106. The van der Waals surface area contributed by atoms with Crippen molar-refractivity contribution in [3.63, 3.8) is 0 Å². The first-order valence-corrected chi connectivity index (χ1v) is 7.69. The number of hydrogen-bond acceptors (Lipinski definition) is 5. The van der Waals surface area contributed by atoms with E-state index in [1.54, 1.807) is 7.11 Å². The molecule has 5 heteroatoms. The van der Waals surface area contributed by atoms with Gasteiger partial charge in [0.1, 0.15) is 18.3 Å². The van der Waals surface area contributed by atoms with Crippen LogP contribution in [0.25, 0.3) is 0 Å². The summed E-state index contributed by atoms with van der Waals surface area (Å²) in [6.45, 7) is 7.35. The summed E-state index contributed by atoms with van der Waals surface area (Å²) >= 11 is 0. The lowest BCUT2D eigenvalue weighted by atomic mass is 10.1. The van der Waals surface area contributed by atoms with E-state index in [0.29, 0.717) is 6.61 Å². The molecule has 0 amide bonds. The second-order valence-electron chi connectivity index (χ2n) is 5.98. The molecule has 118 valence electrons. The van der Waals surface area contributed by atoms with E-state index >= 15 is 0 Å². The van der Waals surface area contributed by atoms with Crippen molar-refractivity contribution in [1.29, 1.82) is 0 Å². The van der Waals surface area contributed by atoms with E-state index < -0.39 is 5.79 Å². The highest BCUT2D eigenvalue weighted by atomic mass is 16.8. The van der Waals surface area contributed by atoms with Crippen molar-refractivity contribution in [2.24, 2.45) is 0 Å². The molecule has 0 aromatic rings. The van der Waals surface area contributed by atoms with Crippen molar-refractivity contribution in [3.05, 3.63) is 0 Å². The number of rotatable bonds is 8. The Morgan fingerprint density at radius 2 is 1.80 bits per heavy atom. The van der Waals surface area contributed by atoms with Crippen molar-refractivity contribution < 1.29 is 23.7 Å². The summed E-state index contributed by atoms with van der Waals surface area (Å²) < 4.78 is 28.6. The minimum atomic E-state index is -0.574. The van der Waals surface area contributed by atoms with Crippen LogP contribution in [0.3, 0.4) is 0 Å². The van der Waals surface area contributed by atoms with Crippen LogP contribution in [-0.4, -0.2) is 50.7 Å². The van der Waals surface area contributed by atoms with Gasteiger partial charge in [0, 0.05) is 13.7 Å². The first-order valence-electron chi connectivity index (χ1n) is 7.69. The molecule has 20 heavy (non-hydrogen) atoms. The average Bonchev–Trinajstić information content (AvgIpc) is 2.87. The molecule has 2 aliphatic rings. The molecule has 2 fully saturated rings. The van der Waals surface area contributed by atoms with Gasteiger partial charge in [0.25, 0.3) is 0 Å². The minimum Gasteiger partial charge on any atom is -0.379 e. The molecule has 2 saturated heterocycles. The molecule has 0 saturated carbocycles. The summed E-state index contributed by atoms with van der Waals surface area (Å²) in [7, 11) is 1.63. The maximum absolute atomic E-state index is 5.91. The zero-order valence-electron chi connectivity index (χ0n) is 13.1. The summed E-state index contributed by atoms with van der Waals surface area (Å²) in [5.41, 5.74) is 0. The molecule has 0 bridgehead atoms. The molecule has 2 heterocycles. The molecular formula is C15H28O5. The molecule has 0 spiro atoms. The molecule has 2 rings (SSSR count). The lowest BCUT2D eigenvalue weighted by molar-refractivity contribution is -0.231. The molecule has 0 aromatic carbocycles. The lowest BCUT2D eigenvalue weighted by Crippen LogP contribution is -2.33. The largest absolute Gasteiger partial charge is 0.379 e. The normalized spacial score (nSPS) is 35.4. The lowest BCUT2D eigenvalue weighted by Gasteiger charge is -2.23. The van der Waals surface area contributed by atoms with Gasteiger partial charge in [0.15, 0.2) is 12.1 Å². The van der Waals surface area contributed by atoms with Crippen molar-refractivity contribution in [1.82, 2.24) is 0 Å². The van der Waals surface area contributed by atoms with E-state index in [-0.39, 0.29) is 24.6 Å². The Kier molecular flexibility index (Phi) is 5.81. The smallest absolute Gasteiger partial charge is 0.186 e. The van der Waals surface area contributed by atoms with Crippen LogP contribution in [0.15, 0.2) is 0 Å². The number of hydrogen-bond donors (Lipinski definition) is 0. The summed E-state index contributed by atoms with van der Waals surface area (Å²) in [6, 6.07) is 0. The topological polar surface area (TPSA) is 46.2 Å². The second kappa shape index (κ2) is 7.18. The van der Waals surface area contributed by atoms with Gasteiger partial charge in [-0.3, -0.25) is 0 Å². The van der Waals surface area contributed by atoms with Crippen molar-refractivity contribution in [2.45, 2.75) is 76.8 Å². The first kappa shape index (κ1) is 16.2. The summed E-state index contributed by atoms with van der Waals surface area (Å²) in [5.74, 6) is -0.574. The fraction of sp³-hybridized carbons (Fsp3) is 1.00. The quantitative estimate of drug-likeness (QED) is 0.642. The molecule has 0 aliphatic carbocycles. The van der Waals surface area contributed by atoms with Gasteiger partial charge in [-0.05, 0) is 20.3 Å². The first-order chi connectivity index (χ1) is 9.57. The predicted octanol–water partition coefficient (Wildman–Crippen LogP) is 2.47. The van der Waals surface area contributed by atoms with E-state index in [0.717, 1.165) is 13.0 Å². The van der Waals surface area contributed by atoms with Gasteiger partial charge in [0.05, 0.1) is 6.61 Å². The fourth-order valence-corrected chi connectivity index (χ4v) is 2.80. The third-order valence-electron chi connectivity index (χ3n) is 3.76. The standard InChI is InChI=1S/C15H28O5/c1-5-6-7-8-9-17-10-11-12-13(14(16-4)18-11)20-15(2,3)19-12/h11-14H,5-10H2,1-4H3/t11-,12-,13-,14?/m1/s1. The van der Waals surface area contributed by atoms with Gasteiger partial charge in [-0.25, -0.2) is 0 Å². The van der Waals surface area contributed by atoms with Crippen LogP contribution in [0.2, 0.25) is 0 Å². The summed E-state index contributed by atoms with van der Waals surface area (Å²) in [6.07, 6.45) is 4.09. The van der Waals surface area contributed by atoms with Crippen LogP contribution in [0.4, 0.5) is 0 Å². The zero-order valence-corrected chi connectivity index (χ0v) is 13.1. The van der Waals surface area contributed by atoms with Crippen molar-refractivity contribution in [3.8, 4) is 0 Å². The Labute approximate surface area is 121 Å². The predicted molar refractivity (Wildman–Crippen MR) is 74.5 cm³/mol. The van der Waals surface area contributed by atoms with Crippen LogP contribution in [0.1, 0.15) is 46.5 Å². The number of methoxy groups -OCH3 is 1. The molecule has 1 unspecified atom stereocenters. The van der Waals surface area contributed by atoms with Crippen LogP contribution >= 0.6 is 0 Å². The van der Waals surface area contributed by atoms with E-state index in [1.165, 1.54) is 19.3 Å². The number of unbranched alkanes of at least 4 members (excludes halogenated alkanes) is 3. The number of fused-ring (bicyclic) bond motifs is 1. The fourth-order valence-electron chi connectivity index (χ4n) is 2.80. The Balaban J connectivity index is 1.74. The monoisotopic (exact) mass is 288 g/mol. The maximum atomic E-state index is 5.91. The van der Waals surface area contributed by atoms with Crippen LogP contribution in [0, 0.1) is 0 Å². The average molecular weight is 288 g/mol. The third-order valence-corrected chi connectivity index (χ3v) is 3.76. The third kappa shape index (κ3) is 3.92. The summed E-state index contributed by atoms with van der Waals surface area (Å²) in [5, 5.41) is 0. The van der Waals surface area contributed by atoms with Gasteiger partial charge >= 0.3 is 0 Å². The molecule has 2 aliphatic heterocycles. The van der Waals surface area contributed by atoms with Crippen LogP contribution in [-0.2, 0) is 23.7 Å². The van der Waals surface area contributed by atoms with Gasteiger partial charge in [-0.1, -0.05) is 26.2 Å². The molecule has 0 aromatic heterocycles. The second-order valence-corrected chi connectivity index (χ2v) is 5.98. The Hall–Kier alpha value is -0.200. The van der Waals surface area contributed by atoms with Crippen LogP contribution in [0.5, 0.6) is 0 Å². The van der Waals surface area contributed by atoms with Gasteiger partial charge in [-0.2, -0.15) is 0 Å². The highest BCUT2D eigenvalue weighted by Crippen LogP contribution is 2.38. The highest BCUT2D eigenvalue weighted by molar-refractivity contribution is 4.94. The molecule has 4 atom stereocenters.